The van der Waals surface area contributed by atoms with E-state index < -0.39 is 0 Å². The highest BCUT2D eigenvalue weighted by Gasteiger charge is 2.12. The Bertz CT molecular complexity index is 1060. The first kappa shape index (κ1) is 16.7. The predicted molar refractivity (Wildman–Crippen MR) is 99.6 cm³/mol. The second kappa shape index (κ2) is 7.25. The molecule has 0 bridgehead atoms. The standard InChI is InChI=1S/C20H17N5O2/c1-14(23-20(26)16-4-7-17-11-22-24-25(17)13-16)15-5-8-18(9-6-15)27-19-3-2-10-21-12-19/h2-14H,1H3,(H,23,26). The number of fused-ring (bicyclic) bond motifs is 1. The lowest BCUT2D eigenvalue weighted by Gasteiger charge is -2.15. The van der Waals surface area contributed by atoms with Crippen molar-refractivity contribution in [1.82, 2.24) is 25.1 Å². The summed E-state index contributed by atoms with van der Waals surface area (Å²) in [6, 6.07) is 14.7. The molecule has 1 aromatic carbocycles. The van der Waals surface area contributed by atoms with Crippen LogP contribution in [-0.2, 0) is 0 Å². The monoisotopic (exact) mass is 359 g/mol. The van der Waals surface area contributed by atoms with Gasteiger partial charge in [0.25, 0.3) is 5.91 Å². The molecule has 0 aliphatic heterocycles. The fourth-order valence-electron chi connectivity index (χ4n) is 2.69. The van der Waals surface area contributed by atoms with Crippen LogP contribution in [0.2, 0.25) is 0 Å². The molecular formula is C20H17N5O2. The molecule has 4 aromatic rings. The van der Waals surface area contributed by atoms with Gasteiger partial charge in [0.05, 0.1) is 29.5 Å². The highest BCUT2D eigenvalue weighted by atomic mass is 16.5. The lowest BCUT2D eigenvalue weighted by atomic mass is 10.1. The Kier molecular flexibility index (Phi) is 4.49. The maximum absolute atomic E-state index is 12.5. The lowest BCUT2D eigenvalue weighted by molar-refractivity contribution is 0.0939. The Hall–Kier alpha value is -3.74. The third kappa shape index (κ3) is 3.77. The Labute approximate surface area is 155 Å². The molecule has 3 aromatic heterocycles. The average Bonchev–Trinajstić information content (AvgIpc) is 3.17. The molecule has 4 rings (SSSR count). The van der Waals surface area contributed by atoms with Crippen LogP contribution in [0.4, 0.5) is 0 Å². The first-order valence-corrected chi connectivity index (χ1v) is 8.48. The minimum Gasteiger partial charge on any atom is -0.456 e. The smallest absolute Gasteiger partial charge is 0.253 e. The number of nitrogens with one attached hydrogen (secondary N) is 1. The number of aromatic nitrogens is 4. The predicted octanol–water partition coefficient (Wildman–Crippen LogP) is 3.41. The number of benzene rings is 1. The summed E-state index contributed by atoms with van der Waals surface area (Å²) in [6.45, 7) is 1.93. The molecule has 27 heavy (non-hydrogen) atoms. The number of carbonyl (C=O) groups excluding carboxylic acids is 1. The van der Waals surface area contributed by atoms with Gasteiger partial charge in [-0.3, -0.25) is 9.78 Å². The van der Waals surface area contributed by atoms with Crippen molar-refractivity contribution in [3.05, 3.63) is 84.4 Å². The van der Waals surface area contributed by atoms with E-state index in [0.29, 0.717) is 17.1 Å². The maximum atomic E-state index is 12.5. The first-order valence-electron chi connectivity index (χ1n) is 8.48. The van der Waals surface area contributed by atoms with E-state index in [0.717, 1.165) is 11.1 Å². The second-order valence-electron chi connectivity index (χ2n) is 6.08. The molecule has 1 atom stereocenters. The summed E-state index contributed by atoms with van der Waals surface area (Å²) >= 11 is 0. The number of rotatable bonds is 5. The molecule has 1 N–H and O–H groups in total. The van der Waals surface area contributed by atoms with Gasteiger partial charge in [-0.15, -0.1) is 5.10 Å². The van der Waals surface area contributed by atoms with E-state index in [4.69, 9.17) is 4.74 Å². The highest BCUT2D eigenvalue weighted by molar-refractivity contribution is 5.94. The molecule has 0 spiro atoms. The number of hydrogen-bond donors (Lipinski definition) is 1. The van der Waals surface area contributed by atoms with Crippen LogP contribution in [0.25, 0.3) is 5.52 Å². The topological polar surface area (TPSA) is 81.4 Å². The average molecular weight is 359 g/mol. The molecule has 0 fully saturated rings. The highest BCUT2D eigenvalue weighted by Crippen LogP contribution is 2.22. The Morgan fingerprint density at radius 1 is 1.07 bits per heavy atom. The van der Waals surface area contributed by atoms with Crippen LogP contribution in [-0.4, -0.2) is 25.7 Å². The minimum atomic E-state index is -0.171. The summed E-state index contributed by atoms with van der Waals surface area (Å²) < 4.78 is 7.30. The van der Waals surface area contributed by atoms with E-state index in [1.807, 2.05) is 49.4 Å². The van der Waals surface area contributed by atoms with Gasteiger partial charge in [0, 0.05) is 12.4 Å². The third-order valence-electron chi connectivity index (χ3n) is 4.16. The van der Waals surface area contributed by atoms with E-state index >= 15 is 0 Å². The van der Waals surface area contributed by atoms with Gasteiger partial charge in [-0.1, -0.05) is 17.3 Å². The van der Waals surface area contributed by atoms with Gasteiger partial charge >= 0.3 is 0 Å². The molecule has 0 aliphatic rings. The first-order chi connectivity index (χ1) is 13.2. The van der Waals surface area contributed by atoms with Gasteiger partial charge < -0.3 is 10.1 Å². The number of pyridine rings is 2. The van der Waals surface area contributed by atoms with Crippen molar-refractivity contribution >= 4 is 11.4 Å². The van der Waals surface area contributed by atoms with Crippen LogP contribution in [0, 0.1) is 0 Å². The van der Waals surface area contributed by atoms with Crippen molar-refractivity contribution in [2.75, 3.05) is 0 Å². The van der Waals surface area contributed by atoms with Gasteiger partial charge in [0.2, 0.25) is 0 Å². The van der Waals surface area contributed by atoms with Crippen LogP contribution < -0.4 is 10.1 Å². The maximum Gasteiger partial charge on any atom is 0.253 e. The van der Waals surface area contributed by atoms with Crippen LogP contribution in [0.5, 0.6) is 11.5 Å². The molecular weight excluding hydrogens is 342 g/mol. The summed E-state index contributed by atoms with van der Waals surface area (Å²) in [5.41, 5.74) is 2.34. The fraction of sp³-hybridized carbons (Fsp3) is 0.100. The van der Waals surface area contributed by atoms with Crippen LogP contribution in [0.3, 0.4) is 0 Å². The van der Waals surface area contributed by atoms with Crippen molar-refractivity contribution in [1.29, 1.82) is 0 Å². The molecule has 1 unspecified atom stereocenters. The normalized spacial score (nSPS) is 11.9. The summed E-state index contributed by atoms with van der Waals surface area (Å²) in [7, 11) is 0. The third-order valence-corrected chi connectivity index (χ3v) is 4.16. The largest absolute Gasteiger partial charge is 0.456 e. The van der Waals surface area contributed by atoms with Crippen LogP contribution in [0.15, 0.2) is 73.3 Å². The quantitative estimate of drug-likeness (QED) is 0.590. The SMILES string of the molecule is CC(NC(=O)c1ccc2cnnn2c1)c1ccc(Oc2cccnc2)cc1. The van der Waals surface area contributed by atoms with Gasteiger partial charge in [-0.25, -0.2) is 4.52 Å². The fourth-order valence-corrected chi connectivity index (χ4v) is 2.69. The molecule has 134 valence electrons. The summed E-state index contributed by atoms with van der Waals surface area (Å²) in [5.74, 6) is 1.22. The lowest BCUT2D eigenvalue weighted by Crippen LogP contribution is -2.26. The second-order valence-corrected chi connectivity index (χ2v) is 6.08. The molecule has 1 amide bonds. The number of nitrogens with zero attached hydrogens (tertiary/aromatic N) is 4. The van der Waals surface area contributed by atoms with E-state index in [1.54, 1.807) is 35.4 Å². The molecule has 0 saturated heterocycles. The van der Waals surface area contributed by atoms with Crippen molar-refractivity contribution in [2.45, 2.75) is 13.0 Å². The van der Waals surface area contributed by atoms with E-state index in [1.165, 1.54) is 0 Å². The zero-order valence-electron chi connectivity index (χ0n) is 14.6. The van der Waals surface area contributed by atoms with Crippen molar-refractivity contribution < 1.29 is 9.53 Å². The Balaban J connectivity index is 1.42. The van der Waals surface area contributed by atoms with Crippen LogP contribution >= 0.6 is 0 Å². The Morgan fingerprint density at radius 3 is 2.70 bits per heavy atom. The van der Waals surface area contributed by atoms with Crippen molar-refractivity contribution in [3.63, 3.8) is 0 Å². The van der Waals surface area contributed by atoms with Crippen molar-refractivity contribution in [3.8, 4) is 11.5 Å². The zero-order valence-corrected chi connectivity index (χ0v) is 14.6. The summed E-state index contributed by atoms with van der Waals surface area (Å²) in [4.78, 5) is 16.5. The zero-order chi connectivity index (χ0) is 18.6. The van der Waals surface area contributed by atoms with Crippen LogP contribution in [0.1, 0.15) is 28.9 Å². The Morgan fingerprint density at radius 2 is 1.93 bits per heavy atom. The summed E-state index contributed by atoms with van der Waals surface area (Å²) in [6.07, 6.45) is 6.65. The molecule has 0 aliphatic carbocycles. The molecule has 7 nitrogen and oxygen atoms in total. The summed E-state index contributed by atoms with van der Waals surface area (Å²) in [5, 5.41) is 10.7. The minimum absolute atomic E-state index is 0.156. The van der Waals surface area contributed by atoms with E-state index in [-0.39, 0.29) is 11.9 Å². The number of hydrogen-bond acceptors (Lipinski definition) is 5. The molecule has 3 heterocycles. The number of amides is 1. The van der Waals surface area contributed by atoms with Gasteiger partial charge in [0.1, 0.15) is 11.5 Å². The van der Waals surface area contributed by atoms with Crippen molar-refractivity contribution in [2.24, 2.45) is 0 Å². The van der Waals surface area contributed by atoms with E-state index in [2.05, 4.69) is 20.6 Å². The molecule has 0 radical (unpaired) electrons. The van der Waals surface area contributed by atoms with Gasteiger partial charge in [-0.2, -0.15) is 0 Å². The number of carbonyl (C=O) groups is 1. The van der Waals surface area contributed by atoms with Gasteiger partial charge in [-0.05, 0) is 48.9 Å². The molecule has 7 heteroatoms. The van der Waals surface area contributed by atoms with E-state index in [9.17, 15) is 4.79 Å². The molecule has 0 saturated carbocycles. The number of ether oxygens (including phenoxy) is 1. The van der Waals surface area contributed by atoms with Gasteiger partial charge in [0.15, 0.2) is 0 Å².